The fourth-order valence-corrected chi connectivity index (χ4v) is 3.35. The number of benzene rings is 2. The van der Waals surface area contributed by atoms with Gasteiger partial charge in [-0.25, -0.2) is 0 Å². The van der Waals surface area contributed by atoms with Crippen LogP contribution in [0.3, 0.4) is 0 Å². The summed E-state index contributed by atoms with van der Waals surface area (Å²) in [7, 11) is 1.62. The fraction of sp³-hybridized carbons (Fsp3) is 0.263. The second-order valence-electron chi connectivity index (χ2n) is 5.65. The predicted octanol–water partition coefficient (Wildman–Crippen LogP) is 3.57. The number of ether oxygens (including phenoxy) is 1. The third kappa shape index (κ3) is 2.39. The summed E-state index contributed by atoms with van der Waals surface area (Å²) < 4.78 is 5.20. The summed E-state index contributed by atoms with van der Waals surface area (Å²) >= 11 is 0. The van der Waals surface area contributed by atoms with Crippen molar-refractivity contribution < 1.29 is 4.74 Å². The number of nitrogens with zero attached hydrogens (tertiary/aromatic N) is 2. The van der Waals surface area contributed by atoms with Gasteiger partial charge in [-0.3, -0.25) is 0 Å². The summed E-state index contributed by atoms with van der Waals surface area (Å²) in [6.45, 7) is 0. The third-order valence-corrected chi connectivity index (χ3v) is 4.46. The first-order valence-corrected chi connectivity index (χ1v) is 7.63. The first-order valence-electron chi connectivity index (χ1n) is 7.63. The second-order valence-corrected chi connectivity index (χ2v) is 5.65. The maximum absolute atomic E-state index is 9.62. The van der Waals surface area contributed by atoms with Crippen LogP contribution in [-0.2, 0) is 12.8 Å². The van der Waals surface area contributed by atoms with Crippen molar-refractivity contribution in [3.8, 4) is 29.0 Å². The number of nitrogens with two attached hydrogens (primary N) is 1. The van der Waals surface area contributed by atoms with Crippen LogP contribution in [0.5, 0.6) is 5.75 Å². The van der Waals surface area contributed by atoms with Gasteiger partial charge in [0.15, 0.2) is 0 Å². The minimum absolute atomic E-state index is 0.307. The Morgan fingerprint density at radius 3 is 2.13 bits per heavy atom. The van der Waals surface area contributed by atoms with Gasteiger partial charge in [-0.1, -0.05) is 12.1 Å². The van der Waals surface area contributed by atoms with Gasteiger partial charge < -0.3 is 10.5 Å². The van der Waals surface area contributed by atoms with Gasteiger partial charge in [0.05, 0.1) is 23.9 Å². The molecule has 4 nitrogen and oxygen atoms in total. The summed E-state index contributed by atoms with van der Waals surface area (Å²) in [5, 5.41) is 19.1. The summed E-state index contributed by atoms with van der Waals surface area (Å²) in [5.74, 6) is 0.766. The number of rotatable bonds is 2. The molecular weight excluding hydrogens is 286 g/mol. The standard InChI is InChI=1S/C19H17N3O/c1-23-13-8-6-12(7-9-13)18-15-5-3-2-4-14(15)16(10-20)19(22)17(18)11-21/h6-9H,2-5,22H2,1H3. The van der Waals surface area contributed by atoms with Crippen LogP contribution in [0.2, 0.25) is 0 Å². The molecule has 2 aromatic rings. The highest BCUT2D eigenvalue weighted by molar-refractivity contribution is 5.85. The Balaban J connectivity index is 2.33. The Morgan fingerprint density at radius 2 is 1.57 bits per heavy atom. The molecular formula is C19H17N3O. The molecule has 0 unspecified atom stereocenters. The first-order chi connectivity index (χ1) is 11.2. The van der Waals surface area contributed by atoms with E-state index in [2.05, 4.69) is 12.1 Å². The smallest absolute Gasteiger partial charge is 0.118 e. The van der Waals surface area contributed by atoms with Crippen LogP contribution in [-0.4, -0.2) is 7.11 Å². The molecule has 114 valence electrons. The highest BCUT2D eigenvalue weighted by atomic mass is 16.5. The van der Waals surface area contributed by atoms with Crippen LogP contribution >= 0.6 is 0 Å². The lowest BCUT2D eigenvalue weighted by molar-refractivity contribution is 0.415. The molecule has 0 amide bonds. The van der Waals surface area contributed by atoms with Crippen molar-refractivity contribution in [2.24, 2.45) is 0 Å². The van der Waals surface area contributed by atoms with E-state index in [0.29, 0.717) is 16.8 Å². The van der Waals surface area contributed by atoms with Crippen molar-refractivity contribution in [2.45, 2.75) is 25.7 Å². The zero-order valence-electron chi connectivity index (χ0n) is 13.0. The van der Waals surface area contributed by atoms with E-state index in [-0.39, 0.29) is 0 Å². The average Bonchev–Trinajstić information content (AvgIpc) is 2.61. The molecule has 0 spiro atoms. The number of nitrogen functional groups attached to an aromatic ring is 1. The van der Waals surface area contributed by atoms with Gasteiger partial charge in [-0.05, 0) is 54.5 Å². The Hall–Kier alpha value is -2.98. The lowest BCUT2D eigenvalue weighted by atomic mass is 9.80. The molecule has 0 heterocycles. The molecule has 4 heteroatoms. The van der Waals surface area contributed by atoms with Crippen LogP contribution < -0.4 is 10.5 Å². The molecule has 0 atom stereocenters. The quantitative estimate of drug-likeness (QED) is 0.860. The van der Waals surface area contributed by atoms with Gasteiger partial charge in [-0.15, -0.1) is 0 Å². The summed E-state index contributed by atoms with van der Waals surface area (Å²) in [6, 6.07) is 12.0. The van der Waals surface area contributed by atoms with Crippen molar-refractivity contribution in [3.05, 3.63) is 46.5 Å². The van der Waals surface area contributed by atoms with Gasteiger partial charge in [0.25, 0.3) is 0 Å². The number of methoxy groups -OCH3 is 1. The largest absolute Gasteiger partial charge is 0.497 e. The van der Waals surface area contributed by atoms with Gasteiger partial charge in [0.1, 0.15) is 17.9 Å². The van der Waals surface area contributed by atoms with Crippen molar-refractivity contribution in [3.63, 3.8) is 0 Å². The van der Waals surface area contributed by atoms with Gasteiger partial charge in [-0.2, -0.15) is 10.5 Å². The maximum Gasteiger partial charge on any atom is 0.118 e. The van der Waals surface area contributed by atoms with Crippen LogP contribution in [0, 0.1) is 22.7 Å². The summed E-state index contributed by atoms with van der Waals surface area (Å²) in [4.78, 5) is 0. The molecule has 0 saturated heterocycles. The van der Waals surface area contributed by atoms with Crippen LogP contribution in [0.15, 0.2) is 24.3 Å². The van der Waals surface area contributed by atoms with Crippen molar-refractivity contribution >= 4 is 5.69 Å². The van der Waals surface area contributed by atoms with E-state index in [0.717, 1.165) is 53.7 Å². The zero-order chi connectivity index (χ0) is 16.4. The summed E-state index contributed by atoms with van der Waals surface area (Å²) in [6.07, 6.45) is 3.84. The zero-order valence-corrected chi connectivity index (χ0v) is 13.0. The second kappa shape index (κ2) is 6.02. The van der Waals surface area contributed by atoms with E-state index >= 15 is 0 Å². The topological polar surface area (TPSA) is 82.8 Å². The minimum Gasteiger partial charge on any atom is -0.497 e. The molecule has 0 bridgehead atoms. The van der Waals surface area contributed by atoms with Crippen molar-refractivity contribution in [2.75, 3.05) is 12.8 Å². The first kappa shape index (κ1) is 14.9. The Morgan fingerprint density at radius 1 is 0.957 bits per heavy atom. The SMILES string of the molecule is COc1ccc(-c2c(C#N)c(N)c(C#N)c3c2CCCC3)cc1. The van der Waals surface area contributed by atoms with Gasteiger partial charge >= 0.3 is 0 Å². The minimum atomic E-state index is 0.307. The summed E-state index contributed by atoms with van der Waals surface area (Å²) in [5.41, 5.74) is 11.3. The number of hydrogen-bond donors (Lipinski definition) is 1. The van der Waals surface area contributed by atoms with E-state index in [9.17, 15) is 10.5 Å². The Bertz CT molecular complexity index is 839. The third-order valence-electron chi connectivity index (χ3n) is 4.46. The molecule has 0 aromatic heterocycles. The molecule has 0 aliphatic heterocycles. The number of anilines is 1. The van der Waals surface area contributed by atoms with Gasteiger partial charge in [0, 0.05) is 5.56 Å². The molecule has 0 radical (unpaired) electrons. The molecule has 0 fully saturated rings. The van der Waals surface area contributed by atoms with Crippen molar-refractivity contribution in [1.29, 1.82) is 10.5 Å². The monoisotopic (exact) mass is 303 g/mol. The Labute approximate surface area is 135 Å². The molecule has 2 N–H and O–H groups in total. The van der Waals surface area contributed by atoms with Gasteiger partial charge in [0.2, 0.25) is 0 Å². The molecule has 2 aromatic carbocycles. The van der Waals surface area contributed by atoms with E-state index in [4.69, 9.17) is 10.5 Å². The molecule has 1 aliphatic rings. The van der Waals surface area contributed by atoms with E-state index in [1.54, 1.807) is 7.11 Å². The fourth-order valence-electron chi connectivity index (χ4n) is 3.35. The van der Waals surface area contributed by atoms with Crippen molar-refractivity contribution in [1.82, 2.24) is 0 Å². The molecule has 3 rings (SSSR count). The van der Waals surface area contributed by atoms with E-state index in [1.165, 1.54) is 0 Å². The van der Waals surface area contributed by atoms with E-state index in [1.807, 2.05) is 24.3 Å². The van der Waals surface area contributed by atoms with E-state index < -0.39 is 0 Å². The predicted molar refractivity (Wildman–Crippen MR) is 88.9 cm³/mol. The highest BCUT2D eigenvalue weighted by Gasteiger charge is 2.25. The number of fused-ring (bicyclic) bond motifs is 1. The molecule has 0 saturated carbocycles. The molecule has 1 aliphatic carbocycles. The normalized spacial score (nSPS) is 12.8. The lowest BCUT2D eigenvalue weighted by Crippen LogP contribution is -2.12. The Kier molecular flexibility index (Phi) is 3.91. The maximum atomic E-state index is 9.62. The lowest BCUT2D eigenvalue weighted by Gasteiger charge is -2.23. The molecule has 23 heavy (non-hydrogen) atoms. The van der Waals surface area contributed by atoms with Crippen LogP contribution in [0.1, 0.15) is 35.1 Å². The highest BCUT2D eigenvalue weighted by Crippen LogP contribution is 2.40. The number of hydrogen-bond acceptors (Lipinski definition) is 4. The average molecular weight is 303 g/mol. The van der Waals surface area contributed by atoms with Crippen LogP contribution in [0.4, 0.5) is 5.69 Å². The van der Waals surface area contributed by atoms with Crippen LogP contribution in [0.25, 0.3) is 11.1 Å². The number of nitriles is 2.